The fourth-order valence-electron chi connectivity index (χ4n) is 0.986. The summed E-state index contributed by atoms with van der Waals surface area (Å²) in [6.07, 6.45) is 2.19. The first-order valence-electron chi connectivity index (χ1n) is 2.97. The first-order valence-corrected chi connectivity index (χ1v) is 3.35. The minimum Gasteiger partial charge on any atom is -0.281 e. The number of halogens is 2. The van der Waals surface area contributed by atoms with E-state index in [2.05, 4.69) is 0 Å². The van der Waals surface area contributed by atoms with Gasteiger partial charge in [0.25, 0.3) is 0 Å². The predicted molar refractivity (Wildman–Crippen MR) is 33.1 cm³/mol. The minimum atomic E-state index is -0.776. The van der Waals surface area contributed by atoms with Gasteiger partial charge in [-0.15, -0.1) is 0 Å². The smallest absolute Gasteiger partial charge is 0.230 e. The Kier molecular flexibility index (Phi) is 1.75. The Labute approximate surface area is 58.2 Å². The molecule has 52 valence electrons. The molecule has 0 aromatic heterocycles. The molecule has 1 nitrogen and oxygen atoms in total. The number of hydrogen-bond donors (Lipinski definition) is 0. The molecule has 0 radical (unpaired) electrons. The summed E-state index contributed by atoms with van der Waals surface area (Å²) in [6, 6.07) is 0. The van der Waals surface area contributed by atoms with Crippen LogP contribution in [0.1, 0.15) is 19.3 Å². The van der Waals surface area contributed by atoms with Gasteiger partial charge >= 0.3 is 0 Å². The molecule has 0 atom stereocenters. The van der Waals surface area contributed by atoms with Crippen LogP contribution in [0, 0.1) is 5.41 Å². The third-order valence-corrected chi connectivity index (χ3v) is 2.38. The van der Waals surface area contributed by atoms with E-state index in [1.54, 1.807) is 0 Å². The molecule has 0 saturated heterocycles. The number of rotatable bonds is 2. The summed E-state index contributed by atoms with van der Waals surface area (Å²) < 4.78 is 12.0. The Morgan fingerprint density at radius 3 is 2.22 bits per heavy atom. The Balaban J connectivity index is 2.57. The summed E-state index contributed by atoms with van der Waals surface area (Å²) in [5, 5.41) is -0.503. The maximum atomic E-state index is 12.0. The molecule has 0 amide bonds. The van der Waals surface area contributed by atoms with E-state index in [1.165, 1.54) is 0 Å². The van der Waals surface area contributed by atoms with E-state index >= 15 is 0 Å². The summed E-state index contributed by atoms with van der Waals surface area (Å²) in [6.45, 7) is -0.588. The van der Waals surface area contributed by atoms with Gasteiger partial charge in [0.2, 0.25) is 5.24 Å². The van der Waals surface area contributed by atoms with Gasteiger partial charge in [0, 0.05) is 0 Å². The summed E-state index contributed by atoms with van der Waals surface area (Å²) >= 11 is 5.16. The second kappa shape index (κ2) is 2.25. The van der Waals surface area contributed by atoms with Gasteiger partial charge in [0.05, 0.1) is 5.41 Å². The van der Waals surface area contributed by atoms with Crippen LogP contribution in [0.4, 0.5) is 4.39 Å². The first kappa shape index (κ1) is 7.00. The zero-order valence-corrected chi connectivity index (χ0v) is 5.75. The normalized spacial score (nSPS) is 22.9. The molecule has 9 heavy (non-hydrogen) atoms. The molecule has 0 aromatic rings. The largest absolute Gasteiger partial charge is 0.281 e. The molecule has 1 rings (SSSR count). The average Bonchev–Trinajstić information content (AvgIpc) is 1.62. The van der Waals surface area contributed by atoms with Crippen molar-refractivity contribution in [3.8, 4) is 0 Å². The molecule has 1 aliphatic rings. The van der Waals surface area contributed by atoms with Crippen LogP contribution in [0.3, 0.4) is 0 Å². The van der Waals surface area contributed by atoms with Gasteiger partial charge in [-0.05, 0) is 24.4 Å². The van der Waals surface area contributed by atoms with Gasteiger partial charge in [-0.2, -0.15) is 0 Å². The van der Waals surface area contributed by atoms with E-state index < -0.39 is 17.3 Å². The van der Waals surface area contributed by atoms with Crippen molar-refractivity contribution in [1.82, 2.24) is 0 Å². The Bertz CT molecular complexity index is 126. The van der Waals surface area contributed by atoms with Gasteiger partial charge < -0.3 is 0 Å². The molecule has 0 aliphatic heterocycles. The first-order chi connectivity index (χ1) is 4.21. The number of carbonyl (C=O) groups is 1. The SMILES string of the molecule is O=C(Cl)C1(CF)CCC1. The monoisotopic (exact) mass is 150 g/mol. The number of carbonyl (C=O) groups excluding carboxylic acids is 1. The van der Waals surface area contributed by atoms with Crippen LogP contribution in [0.5, 0.6) is 0 Å². The molecule has 1 fully saturated rings. The second-order valence-electron chi connectivity index (χ2n) is 2.54. The molecule has 0 unspecified atom stereocenters. The number of alkyl halides is 1. The van der Waals surface area contributed by atoms with E-state index in [0.29, 0.717) is 12.8 Å². The van der Waals surface area contributed by atoms with Gasteiger partial charge in [-0.3, -0.25) is 4.79 Å². The summed E-state index contributed by atoms with van der Waals surface area (Å²) in [7, 11) is 0. The summed E-state index contributed by atoms with van der Waals surface area (Å²) in [5.74, 6) is 0. The fraction of sp³-hybridized carbons (Fsp3) is 0.833. The van der Waals surface area contributed by atoms with E-state index in [4.69, 9.17) is 11.6 Å². The highest BCUT2D eigenvalue weighted by Gasteiger charge is 2.43. The topological polar surface area (TPSA) is 17.1 Å². The lowest BCUT2D eigenvalue weighted by molar-refractivity contribution is -0.126. The molecule has 0 aromatic carbocycles. The van der Waals surface area contributed by atoms with Crippen LogP contribution >= 0.6 is 11.6 Å². The van der Waals surface area contributed by atoms with Crippen molar-refractivity contribution >= 4 is 16.8 Å². The lowest BCUT2D eigenvalue weighted by Crippen LogP contribution is -2.37. The molecule has 3 heteroatoms. The predicted octanol–water partition coefficient (Wildman–Crippen LogP) is 1.89. The minimum absolute atomic E-state index is 0.503. The molecular formula is C6H8ClFO. The van der Waals surface area contributed by atoms with Crippen molar-refractivity contribution in [3.63, 3.8) is 0 Å². The van der Waals surface area contributed by atoms with Crippen molar-refractivity contribution < 1.29 is 9.18 Å². The van der Waals surface area contributed by atoms with Crippen molar-refractivity contribution in [2.75, 3.05) is 6.67 Å². The number of hydrogen-bond acceptors (Lipinski definition) is 1. The van der Waals surface area contributed by atoms with Gasteiger partial charge in [0.15, 0.2) is 0 Å². The molecule has 0 bridgehead atoms. The summed E-state index contributed by atoms with van der Waals surface area (Å²) in [4.78, 5) is 10.5. The van der Waals surface area contributed by atoms with Crippen LogP contribution in [-0.4, -0.2) is 11.9 Å². The lowest BCUT2D eigenvalue weighted by Gasteiger charge is -2.35. The fourth-order valence-corrected chi connectivity index (χ4v) is 1.23. The van der Waals surface area contributed by atoms with E-state index in [1.807, 2.05) is 0 Å². The highest BCUT2D eigenvalue weighted by atomic mass is 35.5. The summed E-state index contributed by atoms with van der Waals surface area (Å²) in [5.41, 5.74) is -0.776. The van der Waals surface area contributed by atoms with Crippen molar-refractivity contribution in [3.05, 3.63) is 0 Å². The van der Waals surface area contributed by atoms with Crippen LogP contribution in [-0.2, 0) is 4.79 Å². The van der Waals surface area contributed by atoms with E-state index in [0.717, 1.165) is 6.42 Å². The van der Waals surface area contributed by atoms with Gasteiger partial charge in [0.1, 0.15) is 6.67 Å². The zero-order chi connectivity index (χ0) is 6.91. The Hall–Kier alpha value is -0.110. The van der Waals surface area contributed by atoms with E-state index in [9.17, 15) is 9.18 Å². The van der Waals surface area contributed by atoms with Gasteiger partial charge in [-0.25, -0.2) is 4.39 Å². The highest BCUT2D eigenvalue weighted by Crippen LogP contribution is 2.42. The lowest BCUT2D eigenvalue weighted by atomic mass is 9.71. The third-order valence-electron chi connectivity index (χ3n) is 1.98. The standard InChI is InChI=1S/C6H8ClFO/c7-5(9)6(4-8)2-1-3-6/h1-4H2. The van der Waals surface area contributed by atoms with Crippen LogP contribution in [0.2, 0.25) is 0 Å². The molecular weight excluding hydrogens is 143 g/mol. The van der Waals surface area contributed by atoms with Crippen LogP contribution < -0.4 is 0 Å². The molecule has 0 heterocycles. The van der Waals surface area contributed by atoms with Crippen molar-refractivity contribution in [1.29, 1.82) is 0 Å². The van der Waals surface area contributed by atoms with Crippen LogP contribution in [0.15, 0.2) is 0 Å². The Morgan fingerprint density at radius 1 is 1.67 bits per heavy atom. The third kappa shape index (κ3) is 0.960. The highest BCUT2D eigenvalue weighted by molar-refractivity contribution is 6.64. The maximum absolute atomic E-state index is 12.0. The Morgan fingerprint density at radius 2 is 2.22 bits per heavy atom. The molecule has 0 spiro atoms. The zero-order valence-electron chi connectivity index (χ0n) is 4.99. The van der Waals surface area contributed by atoms with Crippen LogP contribution in [0.25, 0.3) is 0 Å². The van der Waals surface area contributed by atoms with Crippen molar-refractivity contribution in [2.45, 2.75) is 19.3 Å². The molecule has 0 N–H and O–H groups in total. The second-order valence-corrected chi connectivity index (χ2v) is 2.88. The molecule has 1 saturated carbocycles. The van der Waals surface area contributed by atoms with Gasteiger partial charge in [-0.1, -0.05) is 6.42 Å². The van der Waals surface area contributed by atoms with Crippen molar-refractivity contribution in [2.24, 2.45) is 5.41 Å². The van der Waals surface area contributed by atoms with E-state index in [-0.39, 0.29) is 0 Å². The molecule has 1 aliphatic carbocycles. The quantitative estimate of drug-likeness (QED) is 0.550. The maximum Gasteiger partial charge on any atom is 0.230 e. The average molecular weight is 151 g/mol.